The van der Waals surface area contributed by atoms with Crippen molar-refractivity contribution in [2.24, 2.45) is 0 Å². The average molecular weight is 375 g/mol. The molecule has 0 amide bonds. The summed E-state index contributed by atoms with van der Waals surface area (Å²) >= 11 is 0. The van der Waals surface area contributed by atoms with Crippen molar-refractivity contribution in [3.63, 3.8) is 0 Å². The van der Waals surface area contributed by atoms with E-state index in [-0.39, 0.29) is 0 Å². The van der Waals surface area contributed by atoms with Gasteiger partial charge >= 0.3 is 0 Å². The number of unbranched alkanes of at least 4 members (excludes halogenated alkanes) is 17. The molecule has 0 rings (SSSR count). The lowest BCUT2D eigenvalue weighted by atomic mass is 10.1. The fraction of sp³-hybridized carbons (Fsp3) is 0.840. The summed E-state index contributed by atoms with van der Waals surface area (Å²) in [4.78, 5) is 0. The van der Waals surface area contributed by atoms with Crippen LogP contribution in [0.3, 0.4) is 0 Å². The summed E-state index contributed by atoms with van der Waals surface area (Å²) in [5.41, 5.74) is 0. The van der Waals surface area contributed by atoms with Crippen LogP contribution in [0.2, 0.25) is 0 Å². The van der Waals surface area contributed by atoms with Gasteiger partial charge in [-0.3, -0.25) is 0 Å². The summed E-state index contributed by atoms with van der Waals surface area (Å²) < 4.78 is 0. The lowest BCUT2D eigenvalue weighted by Crippen LogP contribution is -1.80. The van der Waals surface area contributed by atoms with Crippen LogP contribution < -0.4 is 0 Å². The van der Waals surface area contributed by atoms with E-state index in [0.717, 1.165) is 19.3 Å². The molecule has 2 nitrogen and oxygen atoms in total. The van der Waals surface area contributed by atoms with Crippen molar-refractivity contribution in [2.75, 3.05) is 0 Å². The highest BCUT2D eigenvalue weighted by atomic mass is 14.2. The molecule has 0 aromatic heterocycles. The van der Waals surface area contributed by atoms with Crippen molar-refractivity contribution in [3.05, 3.63) is 12.2 Å². The summed E-state index contributed by atoms with van der Waals surface area (Å²) in [6.07, 6.45) is 28.2. The molecule has 0 radical (unpaired) electrons. The molecule has 0 aromatic rings. The van der Waals surface area contributed by atoms with Crippen LogP contribution in [0.25, 0.3) is 0 Å². The van der Waals surface area contributed by atoms with Gasteiger partial charge in [-0.1, -0.05) is 116 Å². The molecule has 0 heterocycles. The first-order valence-electron chi connectivity index (χ1n) is 11.7. The predicted molar refractivity (Wildman–Crippen MR) is 119 cm³/mol. The molecule has 0 spiro atoms. The Morgan fingerprint density at radius 2 is 0.963 bits per heavy atom. The van der Waals surface area contributed by atoms with Crippen LogP contribution in [-0.4, -0.2) is 0 Å². The first-order valence-corrected chi connectivity index (χ1v) is 11.7. The zero-order chi connectivity index (χ0) is 20.3. The highest BCUT2D eigenvalue weighted by molar-refractivity contribution is 5.01. The van der Waals surface area contributed by atoms with Crippen LogP contribution in [0.5, 0.6) is 0 Å². The second kappa shape index (κ2) is 29.5. The molecule has 0 aliphatic rings. The molecular formula is C25H46N2. The number of rotatable bonds is 18. The highest BCUT2D eigenvalue weighted by Crippen LogP contribution is 2.10. The Morgan fingerprint density at radius 1 is 0.556 bits per heavy atom. The molecule has 0 aliphatic carbocycles. The minimum atomic E-state index is 0.746. The van der Waals surface area contributed by atoms with Gasteiger partial charge in [-0.05, 0) is 19.3 Å². The third-order valence-electron chi connectivity index (χ3n) is 4.81. The Kier molecular flexibility index (Phi) is 30.5. The molecule has 27 heavy (non-hydrogen) atoms. The number of nitrogens with zero attached hydrogens (tertiary/aromatic N) is 2. The van der Waals surface area contributed by atoms with E-state index in [2.05, 4.69) is 19.9 Å². The minimum Gasteiger partial charge on any atom is -0.198 e. The first-order chi connectivity index (χ1) is 13.3. The summed E-state index contributed by atoms with van der Waals surface area (Å²) in [5.74, 6) is 0. The third kappa shape index (κ3) is 32.8. The van der Waals surface area contributed by atoms with E-state index < -0.39 is 0 Å². The van der Waals surface area contributed by atoms with E-state index in [0.29, 0.717) is 0 Å². The minimum absolute atomic E-state index is 0.746. The number of hydrogen-bond donors (Lipinski definition) is 0. The first kappa shape index (κ1) is 27.9. The predicted octanol–water partition coefficient (Wildman–Crippen LogP) is 9.03. The van der Waals surface area contributed by atoms with Crippen molar-refractivity contribution >= 4 is 0 Å². The van der Waals surface area contributed by atoms with Crippen molar-refractivity contribution in [3.8, 4) is 12.1 Å². The second-order valence-corrected chi connectivity index (χ2v) is 7.53. The van der Waals surface area contributed by atoms with Gasteiger partial charge in [-0.2, -0.15) is 10.5 Å². The fourth-order valence-electron chi connectivity index (χ4n) is 3.05. The maximum Gasteiger partial charge on any atom is 0.0908 e. The van der Waals surface area contributed by atoms with Gasteiger partial charge < -0.3 is 0 Å². The van der Waals surface area contributed by atoms with Crippen LogP contribution in [0.4, 0.5) is 0 Å². The van der Waals surface area contributed by atoms with E-state index in [1.165, 1.54) is 103 Å². The largest absolute Gasteiger partial charge is 0.198 e. The Labute approximate surface area is 171 Å². The summed E-state index contributed by atoms with van der Waals surface area (Å²) in [7, 11) is 0. The number of allylic oxidation sites excluding steroid dienone is 2. The average Bonchev–Trinajstić information content (AvgIpc) is 2.69. The van der Waals surface area contributed by atoms with Gasteiger partial charge in [0.05, 0.1) is 12.1 Å². The number of nitriles is 2. The molecule has 0 saturated heterocycles. The zero-order valence-corrected chi connectivity index (χ0v) is 18.5. The zero-order valence-electron chi connectivity index (χ0n) is 18.5. The number of hydrogen-bond acceptors (Lipinski definition) is 2. The smallest absolute Gasteiger partial charge is 0.0908 e. The lowest BCUT2D eigenvalue weighted by Gasteiger charge is -1.99. The summed E-state index contributed by atoms with van der Waals surface area (Å²) in [5, 5.41) is 16.6. The maximum atomic E-state index is 8.32. The monoisotopic (exact) mass is 374 g/mol. The second-order valence-electron chi connectivity index (χ2n) is 7.53. The normalized spacial score (nSPS) is 10.2. The topological polar surface area (TPSA) is 47.6 Å². The lowest BCUT2D eigenvalue weighted by molar-refractivity contribution is 0.567. The Balaban J connectivity index is 0. The third-order valence-corrected chi connectivity index (χ3v) is 4.81. The van der Waals surface area contributed by atoms with Gasteiger partial charge in [0.2, 0.25) is 0 Å². The fourth-order valence-corrected chi connectivity index (χ4v) is 3.05. The highest BCUT2D eigenvalue weighted by Gasteiger charge is 1.91. The van der Waals surface area contributed by atoms with Crippen molar-refractivity contribution in [2.45, 2.75) is 136 Å². The quantitative estimate of drug-likeness (QED) is 0.177. The van der Waals surface area contributed by atoms with E-state index in [9.17, 15) is 0 Å². The van der Waals surface area contributed by atoms with Gasteiger partial charge in [0.15, 0.2) is 0 Å². The molecule has 2 heteroatoms. The van der Waals surface area contributed by atoms with E-state index in [4.69, 9.17) is 10.5 Å². The van der Waals surface area contributed by atoms with E-state index in [1.54, 1.807) is 6.08 Å². The van der Waals surface area contributed by atoms with Crippen LogP contribution in [0.15, 0.2) is 12.2 Å². The van der Waals surface area contributed by atoms with Crippen LogP contribution in [0.1, 0.15) is 136 Å². The molecule has 156 valence electrons. The molecule has 0 N–H and O–H groups in total. The molecule has 0 unspecified atom stereocenters. The van der Waals surface area contributed by atoms with Crippen LogP contribution in [0, 0.1) is 22.7 Å². The van der Waals surface area contributed by atoms with Gasteiger partial charge in [-0.25, -0.2) is 0 Å². The Morgan fingerprint density at radius 3 is 1.37 bits per heavy atom. The molecule has 0 saturated carbocycles. The van der Waals surface area contributed by atoms with Crippen molar-refractivity contribution in [1.82, 2.24) is 0 Å². The van der Waals surface area contributed by atoms with Crippen molar-refractivity contribution in [1.29, 1.82) is 10.5 Å². The van der Waals surface area contributed by atoms with Gasteiger partial charge in [0.25, 0.3) is 0 Å². The van der Waals surface area contributed by atoms with Crippen molar-refractivity contribution < 1.29 is 0 Å². The van der Waals surface area contributed by atoms with Gasteiger partial charge in [0, 0.05) is 12.5 Å². The molecule has 0 aromatic carbocycles. The molecule has 0 atom stereocenters. The van der Waals surface area contributed by atoms with Crippen LogP contribution in [-0.2, 0) is 0 Å². The molecule has 0 aliphatic heterocycles. The van der Waals surface area contributed by atoms with E-state index >= 15 is 0 Å². The summed E-state index contributed by atoms with van der Waals surface area (Å²) in [6, 6.07) is 4.20. The molecule has 0 bridgehead atoms. The standard InChI is InChI=1S/C13H23N.C12H23N/c1-2-3-4-5-6-7-8-9-10-11-12-13-14;1-2-3-4-5-6-7-8-9-10-11-12-13/h11-12H,2-10H2,1H3;2-11H2,1H3. The Hall–Kier alpha value is -1.28. The van der Waals surface area contributed by atoms with Gasteiger partial charge in [-0.15, -0.1) is 0 Å². The summed E-state index contributed by atoms with van der Waals surface area (Å²) in [6.45, 7) is 4.50. The van der Waals surface area contributed by atoms with Gasteiger partial charge in [0.1, 0.15) is 0 Å². The van der Waals surface area contributed by atoms with E-state index in [1.807, 2.05) is 12.1 Å². The molecule has 0 fully saturated rings. The molecular weight excluding hydrogens is 328 g/mol. The SMILES string of the molecule is CCCCCCCCCCC=CC#N.CCCCCCCCCCCC#N. The van der Waals surface area contributed by atoms with Crippen LogP contribution >= 0.6 is 0 Å². The Bertz CT molecular complexity index is 360. The maximum absolute atomic E-state index is 8.32.